The molecule has 0 fully saturated rings. The second-order valence-corrected chi connectivity index (χ2v) is 9.18. The monoisotopic (exact) mass is 616 g/mol. The molecular weight excluding hydrogens is 590 g/mol. The van der Waals surface area contributed by atoms with Crippen molar-refractivity contribution in [1.29, 1.82) is 0 Å². The van der Waals surface area contributed by atoms with Crippen molar-refractivity contribution in [2.45, 2.75) is 18.3 Å². The van der Waals surface area contributed by atoms with Crippen LogP contribution in [0.2, 0.25) is 0 Å². The minimum Gasteiger partial charge on any atom is -1.00 e. The van der Waals surface area contributed by atoms with E-state index < -0.39 is 5.41 Å². The first kappa shape index (κ1) is 30.0. The van der Waals surface area contributed by atoms with Gasteiger partial charge in [0.1, 0.15) is 11.5 Å². The number of benzene rings is 4. The van der Waals surface area contributed by atoms with Crippen molar-refractivity contribution in [2.75, 3.05) is 14.2 Å². The summed E-state index contributed by atoms with van der Waals surface area (Å²) in [6.45, 7) is 0. The van der Waals surface area contributed by atoms with Crippen molar-refractivity contribution in [3.8, 4) is 22.6 Å². The van der Waals surface area contributed by atoms with E-state index in [1.807, 2.05) is 0 Å². The minimum atomic E-state index is -0.477. The molecule has 0 radical (unpaired) electrons. The molecule has 38 heavy (non-hydrogen) atoms. The van der Waals surface area contributed by atoms with Crippen molar-refractivity contribution in [1.82, 2.24) is 0 Å². The fourth-order valence-electron chi connectivity index (χ4n) is 6.03. The molecule has 6 rings (SSSR count). The van der Waals surface area contributed by atoms with Gasteiger partial charge in [-0.25, -0.2) is 0 Å². The maximum Gasteiger partial charge on any atom is 2.00 e. The van der Waals surface area contributed by atoms with Crippen molar-refractivity contribution in [3.63, 3.8) is 0 Å². The van der Waals surface area contributed by atoms with Crippen molar-refractivity contribution in [2.24, 2.45) is 0 Å². The largest absolute Gasteiger partial charge is 2.00 e. The van der Waals surface area contributed by atoms with Crippen molar-refractivity contribution >= 4 is 0 Å². The quantitative estimate of drug-likeness (QED) is 0.269. The van der Waals surface area contributed by atoms with Crippen molar-refractivity contribution in [3.05, 3.63) is 143 Å². The van der Waals surface area contributed by atoms with Gasteiger partial charge in [0.25, 0.3) is 0 Å². The van der Waals surface area contributed by atoms with E-state index in [2.05, 4.69) is 109 Å². The van der Waals surface area contributed by atoms with Crippen LogP contribution in [0.5, 0.6) is 11.5 Å². The van der Waals surface area contributed by atoms with E-state index >= 15 is 0 Å². The molecule has 0 bridgehead atoms. The summed E-state index contributed by atoms with van der Waals surface area (Å²) in [7, 11) is 3.52. The van der Waals surface area contributed by atoms with Gasteiger partial charge >= 0.3 is 26.2 Å². The number of ether oxygens (including phenoxy) is 2. The van der Waals surface area contributed by atoms with Gasteiger partial charge in [-0.05, 0) is 70.0 Å². The summed E-state index contributed by atoms with van der Waals surface area (Å²) in [5.41, 5.74) is 9.79. The van der Waals surface area contributed by atoms with Gasteiger partial charge < -0.3 is 34.3 Å². The maximum atomic E-state index is 6.15. The molecule has 0 aromatic heterocycles. The zero-order valence-corrected chi connectivity index (χ0v) is 25.3. The second kappa shape index (κ2) is 12.5. The average Bonchev–Trinajstić information content (AvgIpc) is 3.59. The number of methoxy groups -OCH3 is 2. The smallest absolute Gasteiger partial charge is 1.00 e. The van der Waals surface area contributed by atoms with Crippen molar-refractivity contribution < 1.29 is 60.5 Å². The Bertz CT molecular complexity index is 1420. The summed E-state index contributed by atoms with van der Waals surface area (Å²) in [5, 5.41) is 0. The van der Waals surface area contributed by atoms with Crippen LogP contribution in [0, 0.1) is 0 Å². The number of hydrogen-bond acceptors (Lipinski definition) is 2. The Kier molecular flexibility index (Phi) is 9.87. The number of halogens is 2. The molecule has 0 atom stereocenters. The molecule has 2 aliphatic rings. The molecule has 0 heterocycles. The maximum absolute atomic E-state index is 6.15. The zero-order valence-electron chi connectivity index (χ0n) is 21.4. The third-order valence-electron chi connectivity index (χ3n) is 7.51. The Morgan fingerprint density at radius 2 is 1.34 bits per heavy atom. The van der Waals surface area contributed by atoms with Gasteiger partial charge in [-0.2, -0.15) is 0 Å². The van der Waals surface area contributed by atoms with E-state index in [-0.39, 0.29) is 51.0 Å². The van der Waals surface area contributed by atoms with E-state index in [9.17, 15) is 0 Å². The minimum absolute atomic E-state index is 0. The Morgan fingerprint density at radius 1 is 0.711 bits per heavy atom. The molecular formula is C33H28Cl2O2Zr. The first-order valence-electron chi connectivity index (χ1n) is 12.1. The van der Waals surface area contributed by atoms with Crippen LogP contribution in [0.25, 0.3) is 11.1 Å². The number of fused-ring (bicyclic) bond motifs is 3. The molecule has 0 saturated carbocycles. The third kappa shape index (κ3) is 4.70. The molecule has 4 aromatic carbocycles. The van der Waals surface area contributed by atoms with E-state index in [1.165, 1.54) is 44.5 Å². The molecule has 0 saturated heterocycles. The number of rotatable bonds is 6. The molecule has 190 valence electrons. The molecule has 0 N–H and O–H groups in total. The average molecular weight is 619 g/mol. The summed E-state index contributed by atoms with van der Waals surface area (Å²) < 4.78 is 11.7. The summed E-state index contributed by atoms with van der Waals surface area (Å²) in [6, 6.07) is 32.6. The van der Waals surface area contributed by atoms with E-state index in [1.54, 1.807) is 14.2 Å². The molecule has 0 spiro atoms. The van der Waals surface area contributed by atoms with E-state index in [4.69, 9.17) is 9.47 Å². The fraction of sp³-hybridized carbons (Fsp3) is 0.152. The van der Waals surface area contributed by atoms with Gasteiger partial charge in [-0.15, -0.1) is 0 Å². The molecule has 2 aliphatic carbocycles. The Hall–Kier alpha value is -2.58. The second-order valence-electron chi connectivity index (χ2n) is 9.18. The van der Waals surface area contributed by atoms with E-state index in [0.29, 0.717) is 0 Å². The molecule has 5 heteroatoms. The van der Waals surface area contributed by atoms with Crippen LogP contribution >= 0.6 is 0 Å². The van der Waals surface area contributed by atoms with Crippen LogP contribution < -0.4 is 34.3 Å². The predicted octanol–water partition coefficient (Wildman–Crippen LogP) is 1.50. The van der Waals surface area contributed by atoms with Crippen LogP contribution in [-0.2, 0) is 38.0 Å². The fourth-order valence-corrected chi connectivity index (χ4v) is 6.03. The van der Waals surface area contributed by atoms with Crippen LogP contribution in [0.4, 0.5) is 0 Å². The molecule has 0 aliphatic heterocycles. The summed E-state index contributed by atoms with van der Waals surface area (Å²) in [5.74, 6) is 1.81. The van der Waals surface area contributed by atoms with Gasteiger partial charge in [0.15, 0.2) is 0 Å². The van der Waals surface area contributed by atoms with E-state index in [0.717, 1.165) is 24.3 Å². The Morgan fingerprint density at radius 3 is 1.89 bits per heavy atom. The zero-order chi connectivity index (χ0) is 23.8. The van der Waals surface area contributed by atoms with Crippen LogP contribution in [-0.4, -0.2) is 14.2 Å². The Balaban J connectivity index is 0.00000133. The van der Waals surface area contributed by atoms with Crippen LogP contribution in [0.1, 0.15) is 34.2 Å². The SMILES string of the molecule is COc1ccc2c(c1)Cc1c-2ccc(OC)c1C(C1=CC=CC1)(c1ccccc1)c1ccccc1.[Cl-].[Cl-].[Zr+2]. The summed E-state index contributed by atoms with van der Waals surface area (Å²) in [6.07, 6.45) is 8.48. The first-order chi connectivity index (χ1) is 17.3. The van der Waals surface area contributed by atoms with Crippen LogP contribution in [0.3, 0.4) is 0 Å². The first-order valence-corrected chi connectivity index (χ1v) is 12.1. The number of hydrogen-bond donors (Lipinski definition) is 0. The molecule has 0 amide bonds. The normalized spacial score (nSPS) is 12.7. The predicted molar refractivity (Wildman–Crippen MR) is 142 cm³/mol. The third-order valence-corrected chi connectivity index (χ3v) is 7.51. The van der Waals surface area contributed by atoms with Gasteiger partial charge in [0.05, 0.1) is 19.6 Å². The Labute approximate surface area is 256 Å². The van der Waals surface area contributed by atoms with Gasteiger partial charge in [0, 0.05) is 5.56 Å². The molecule has 2 nitrogen and oxygen atoms in total. The molecule has 0 unspecified atom stereocenters. The number of allylic oxidation sites excluding steroid dienone is 4. The summed E-state index contributed by atoms with van der Waals surface area (Å²) >= 11 is 0. The topological polar surface area (TPSA) is 18.5 Å². The summed E-state index contributed by atoms with van der Waals surface area (Å²) in [4.78, 5) is 0. The van der Waals surface area contributed by atoms with Crippen LogP contribution in [0.15, 0.2) is 115 Å². The van der Waals surface area contributed by atoms with Gasteiger partial charge in [-0.3, -0.25) is 0 Å². The van der Waals surface area contributed by atoms with Gasteiger partial charge in [-0.1, -0.05) is 91.0 Å². The standard InChI is InChI=1S/C33H28O2.2ClH.Zr/c1-34-27-17-18-28-23(21-27)22-30-29(28)19-20-31(35-2)32(30)33(26-15-9-10-16-26,24-11-5-3-6-12-24)25-13-7-4-8-14-25;;;/h3-15,17-21H,16,22H2,1-2H3;2*1H;/q;;;+2/p-2. The van der Waals surface area contributed by atoms with Gasteiger partial charge in [0.2, 0.25) is 0 Å². The molecule has 4 aromatic rings.